The fourth-order valence-electron chi connectivity index (χ4n) is 0.806. The summed E-state index contributed by atoms with van der Waals surface area (Å²) in [5.74, 6) is 0.233. The molecule has 0 bridgehead atoms. The van der Waals surface area contributed by atoms with Crippen LogP contribution >= 0.6 is 11.6 Å². The molecule has 4 nitrogen and oxygen atoms in total. The number of nitrogens with one attached hydrogen (secondary N) is 1. The molecule has 0 aliphatic heterocycles. The minimum atomic E-state index is -3.56. The van der Waals surface area contributed by atoms with Gasteiger partial charge >= 0.3 is 0 Å². The zero-order valence-electron chi connectivity index (χ0n) is 7.31. The Hall–Kier alpha value is -0.620. The third-order valence-electron chi connectivity index (χ3n) is 1.40. The Morgan fingerprint density at radius 2 is 1.93 bits per heavy atom. The van der Waals surface area contributed by atoms with Crippen LogP contribution in [0.2, 0.25) is 0 Å². The highest BCUT2D eigenvalue weighted by Crippen LogP contribution is 2.06. The lowest BCUT2D eigenvalue weighted by Crippen LogP contribution is -2.24. The van der Waals surface area contributed by atoms with E-state index in [4.69, 9.17) is 11.6 Å². The van der Waals surface area contributed by atoms with Gasteiger partial charge in [-0.05, 0) is 12.1 Å². The van der Waals surface area contributed by atoms with Gasteiger partial charge in [-0.15, -0.1) is 11.6 Å². The average Bonchev–Trinajstić information content (AvgIpc) is 2.19. The molecule has 0 heterocycles. The highest BCUT2D eigenvalue weighted by atomic mass is 35.5. The van der Waals surface area contributed by atoms with Crippen molar-refractivity contribution in [1.82, 2.24) is 4.89 Å². The van der Waals surface area contributed by atoms with Gasteiger partial charge < -0.3 is 0 Å². The molecule has 78 valence electrons. The van der Waals surface area contributed by atoms with Crippen molar-refractivity contribution in [1.29, 1.82) is 0 Å². The predicted molar refractivity (Wildman–Crippen MR) is 53.4 cm³/mol. The van der Waals surface area contributed by atoms with E-state index in [1.807, 2.05) is 4.89 Å². The SMILES string of the molecule is O=S(=O)(NOCCCl)c1ccccc1. The summed E-state index contributed by atoms with van der Waals surface area (Å²) >= 11 is 5.32. The van der Waals surface area contributed by atoms with Gasteiger partial charge in [-0.2, -0.15) is 0 Å². The number of halogens is 1. The Labute approximate surface area is 87.8 Å². The van der Waals surface area contributed by atoms with Crippen LogP contribution in [0, 0.1) is 0 Å². The second-order valence-corrected chi connectivity index (χ2v) is 4.46. The summed E-state index contributed by atoms with van der Waals surface area (Å²) in [6, 6.07) is 7.96. The highest BCUT2D eigenvalue weighted by Gasteiger charge is 2.12. The van der Waals surface area contributed by atoms with Gasteiger partial charge in [0.1, 0.15) is 0 Å². The summed E-state index contributed by atoms with van der Waals surface area (Å²) in [5.41, 5.74) is 0. The maximum Gasteiger partial charge on any atom is 0.262 e. The van der Waals surface area contributed by atoms with E-state index in [2.05, 4.69) is 4.84 Å². The van der Waals surface area contributed by atoms with Gasteiger partial charge in [0.15, 0.2) is 0 Å². The van der Waals surface area contributed by atoms with Gasteiger partial charge in [-0.1, -0.05) is 23.1 Å². The van der Waals surface area contributed by atoms with Crippen molar-refractivity contribution < 1.29 is 13.3 Å². The summed E-state index contributed by atoms with van der Waals surface area (Å²) in [6.07, 6.45) is 0. The van der Waals surface area contributed by atoms with Crippen molar-refractivity contribution in [3.63, 3.8) is 0 Å². The second-order valence-electron chi connectivity index (χ2n) is 2.44. The van der Waals surface area contributed by atoms with Crippen molar-refractivity contribution >= 4 is 21.6 Å². The van der Waals surface area contributed by atoms with Crippen LogP contribution < -0.4 is 4.89 Å². The average molecular weight is 236 g/mol. The highest BCUT2D eigenvalue weighted by molar-refractivity contribution is 7.89. The summed E-state index contributed by atoms with van der Waals surface area (Å²) in [4.78, 5) is 6.76. The molecule has 0 atom stereocenters. The Morgan fingerprint density at radius 1 is 1.29 bits per heavy atom. The number of alkyl halides is 1. The summed E-state index contributed by atoms with van der Waals surface area (Å²) in [5, 5.41) is 0. The zero-order valence-corrected chi connectivity index (χ0v) is 8.88. The molecule has 0 saturated heterocycles. The number of rotatable bonds is 5. The lowest BCUT2D eigenvalue weighted by atomic mass is 10.4. The Kier molecular flexibility index (Phi) is 4.34. The van der Waals surface area contributed by atoms with Gasteiger partial charge in [0.25, 0.3) is 10.0 Å². The van der Waals surface area contributed by atoms with Crippen molar-refractivity contribution in [2.24, 2.45) is 0 Å². The molecule has 0 aliphatic rings. The lowest BCUT2D eigenvalue weighted by Gasteiger charge is -2.05. The van der Waals surface area contributed by atoms with Gasteiger partial charge in [-0.25, -0.2) is 8.42 Å². The van der Waals surface area contributed by atoms with Crippen LogP contribution in [0.15, 0.2) is 35.2 Å². The van der Waals surface area contributed by atoms with Crippen LogP contribution in [0.3, 0.4) is 0 Å². The van der Waals surface area contributed by atoms with Crippen molar-refractivity contribution in [2.45, 2.75) is 4.90 Å². The molecule has 0 aromatic heterocycles. The van der Waals surface area contributed by atoms with E-state index in [0.29, 0.717) is 0 Å². The molecule has 0 saturated carbocycles. The van der Waals surface area contributed by atoms with Crippen LogP contribution in [0.25, 0.3) is 0 Å². The molecule has 1 N–H and O–H groups in total. The third-order valence-corrected chi connectivity index (χ3v) is 2.79. The van der Waals surface area contributed by atoms with Gasteiger partial charge in [0.2, 0.25) is 0 Å². The first-order valence-corrected chi connectivity index (χ1v) is 5.93. The maximum atomic E-state index is 11.4. The lowest BCUT2D eigenvalue weighted by molar-refractivity contribution is 0.107. The molecule has 0 unspecified atom stereocenters. The van der Waals surface area contributed by atoms with Gasteiger partial charge in [0.05, 0.1) is 11.5 Å². The molecule has 0 radical (unpaired) electrons. The van der Waals surface area contributed by atoms with E-state index < -0.39 is 10.0 Å². The number of benzene rings is 1. The van der Waals surface area contributed by atoms with E-state index in [1.54, 1.807) is 18.2 Å². The van der Waals surface area contributed by atoms with E-state index in [9.17, 15) is 8.42 Å². The summed E-state index contributed by atoms with van der Waals surface area (Å²) in [6.45, 7) is 0.133. The topological polar surface area (TPSA) is 55.4 Å². The van der Waals surface area contributed by atoms with Crippen molar-refractivity contribution in [3.8, 4) is 0 Å². The monoisotopic (exact) mass is 235 g/mol. The van der Waals surface area contributed by atoms with Crippen molar-refractivity contribution in [2.75, 3.05) is 12.5 Å². The number of sulfonamides is 1. The third kappa shape index (κ3) is 3.26. The first-order valence-electron chi connectivity index (χ1n) is 3.91. The minimum Gasteiger partial charge on any atom is -0.286 e. The molecular weight excluding hydrogens is 226 g/mol. The Morgan fingerprint density at radius 3 is 2.50 bits per heavy atom. The van der Waals surface area contributed by atoms with E-state index in [1.165, 1.54) is 12.1 Å². The van der Waals surface area contributed by atoms with E-state index in [-0.39, 0.29) is 17.4 Å². The molecule has 1 aromatic rings. The normalized spacial score (nSPS) is 11.5. The fourth-order valence-corrected chi connectivity index (χ4v) is 1.73. The number of hydrogen-bond acceptors (Lipinski definition) is 3. The van der Waals surface area contributed by atoms with Crippen molar-refractivity contribution in [3.05, 3.63) is 30.3 Å². The first kappa shape index (κ1) is 11.5. The molecule has 1 aromatic carbocycles. The second kappa shape index (κ2) is 5.31. The molecule has 0 amide bonds. The first-order chi connectivity index (χ1) is 6.67. The standard InChI is InChI=1S/C8H10ClNO3S/c9-6-7-13-10-14(11,12)8-4-2-1-3-5-8/h1-5,10H,6-7H2. The van der Waals surface area contributed by atoms with Crippen LogP contribution in [0.5, 0.6) is 0 Å². The van der Waals surface area contributed by atoms with E-state index >= 15 is 0 Å². The number of hydrogen-bond donors (Lipinski definition) is 1. The molecule has 0 spiro atoms. The molecule has 1 rings (SSSR count). The summed E-state index contributed by atoms with van der Waals surface area (Å²) in [7, 11) is -3.56. The summed E-state index contributed by atoms with van der Waals surface area (Å²) < 4.78 is 22.9. The molecule has 0 fully saturated rings. The van der Waals surface area contributed by atoms with Crippen LogP contribution in [-0.2, 0) is 14.9 Å². The van der Waals surface area contributed by atoms with Crippen LogP contribution in [0.4, 0.5) is 0 Å². The Balaban J connectivity index is 2.67. The fraction of sp³-hybridized carbons (Fsp3) is 0.250. The molecule has 14 heavy (non-hydrogen) atoms. The van der Waals surface area contributed by atoms with Crippen LogP contribution in [0.1, 0.15) is 0 Å². The molecular formula is C8H10ClNO3S. The van der Waals surface area contributed by atoms with Gasteiger partial charge in [-0.3, -0.25) is 4.84 Å². The quantitative estimate of drug-likeness (QED) is 0.473. The van der Waals surface area contributed by atoms with Crippen LogP contribution in [-0.4, -0.2) is 20.9 Å². The maximum absolute atomic E-state index is 11.4. The smallest absolute Gasteiger partial charge is 0.262 e. The minimum absolute atomic E-state index is 0.133. The molecule has 6 heteroatoms. The largest absolute Gasteiger partial charge is 0.286 e. The predicted octanol–water partition coefficient (Wildman–Crippen LogP) is 1.14. The molecule has 0 aliphatic carbocycles. The van der Waals surface area contributed by atoms with E-state index in [0.717, 1.165) is 0 Å². The zero-order chi connectivity index (χ0) is 10.4. The van der Waals surface area contributed by atoms with Gasteiger partial charge in [0, 0.05) is 5.88 Å². The Bertz CT molecular complexity index is 365.